The van der Waals surface area contributed by atoms with E-state index >= 15 is 0 Å². The normalized spacial score (nSPS) is 13.9. The Balaban J connectivity index is 2.14. The number of para-hydroxylation sites is 1. The summed E-state index contributed by atoms with van der Waals surface area (Å²) in [4.78, 5) is 0. The lowest BCUT2D eigenvalue weighted by molar-refractivity contribution is 0.424. The molecule has 2 N–H and O–H groups in total. The molecule has 2 atom stereocenters. The number of aromatic hydroxyl groups is 1. The molecule has 0 aliphatic carbocycles. The maximum atomic E-state index is 9.93. The van der Waals surface area contributed by atoms with Gasteiger partial charge in [0.15, 0.2) is 0 Å². The standard InChI is InChI=1S/C18H23NO/c1-4-17(15-11-9-13(2)10-12-15)19-14(3)16-7-5-6-8-18(16)20/h5-12,14,17,19-20H,4H2,1-3H3. The number of rotatable bonds is 5. The van der Waals surface area contributed by atoms with Crippen LogP contribution in [0.25, 0.3) is 0 Å². The van der Waals surface area contributed by atoms with Crippen LogP contribution in [-0.2, 0) is 0 Å². The SMILES string of the molecule is CCC(NC(C)c1ccccc1O)c1ccc(C)cc1. The van der Waals surface area contributed by atoms with Crippen molar-refractivity contribution in [2.24, 2.45) is 0 Å². The number of hydrogen-bond acceptors (Lipinski definition) is 2. The fourth-order valence-corrected chi connectivity index (χ4v) is 2.49. The van der Waals surface area contributed by atoms with Crippen LogP contribution in [0.2, 0.25) is 0 Å². The zero-order valence-electron chi connectivity index (χ0n) is 12.4. The topological polar surface area (TPSA) is 32.3 Å². The second kappa shape index (κ2) is 6.58. The minimum Gasteiger partial charge on any atom is -0.508 e. The Labute approximate surface area is 121 Å². The Kier molecular flexibility index (Phi) is 4.80. The molecule has 2 heteroatoms. The van der Waals surface area contributed by atoms with E-state index in [1.165, 1.54) is 11.1 Å². The molecular weight excluding hydrogens is 246 g/mol. The van der Waals surface area contributed by atoms with E-state index in [1.54, 1.807) is 6.07 Å². The predicted molar refractivity (Wildman–Crippen MR) is 83.9 cm³/mol. The highest BCUT2D eigenvalue weighted by Gasteiger charge is 2.15. The van der Waals surface area contributed by atoms with Crippen LogP contribution >= 0.6 is 0 Å². The molecule has 0 heterocycles. The first kappa shape index (κ1) is 14.6. The van der Waals surface area contributed by atoms with Crippen LogP contribution in [-0.4, -0.2) is 5.11 Å². The van der Waals surface area contributed by atoms with Gasteiger partial charge in [0, 0.05) is 17.6 Å². The van der Waals surface area contributed by atoms with Crippen LogP contribution in [0.5, 0.6) is 5.75 Å². The molecule has 0 saturated carbocycles. The summed E-state index contributed by atoms with van der Waals surface area (Å²) >= 11 is 0. The summed E-state index contributed by atoms with van der Waals surface area (Å²) in [5.74, 6) is 0.353. The Hall–Kier alpha value is -1.80. The molecule has 106 valence electrons. The molecule has 20 heavy (non-hydrogen) atoms. The zero-order chi connectivity index (χ0) is 14.5. The quantitative estimate of drug-likeness (QED) is 0.837. The van der Waals surface area contributed by atoms with Crippen LogP contribution in [0.3, 0.4) is 0 Å². The Morgan fingerprint density at radius 3 is 2.30 bits per heavy atom. The van der Waals surface area contributed by atoms with Crippen LogP contribution in [0.4, 0.5) is 0 Å². The Morgan fingerprint density at radius 2 is 1.70 bits per heavy atom. The summed E-state index contributed by atoms with van der Waals surface area (Å²) in [6.07, 6.45) is 1.01. The highest BCUT2D eigenvalue weighted by atomic mass is 16.3. The van der Waals surface area contributed by atoms with Gasteiger partial charge in [-0.15, -0.1) is 0 Å². The van der Waals surface area contributed by atoms with Crippen molar-refractivity contribution in [1.82, 2.24) is 5.32 Å². The van der Waals surface area contributed by atoms with Crippen LogP contribution in [0.15, 0.2) is 48.5 Å². The third kappa shape index (κ3) is 3.40. The van der Waals surface area contributed by atoms with Gasteiger partial charge in [-0.3, -0.25) is 0 Å². The van der Waals surface area contributed by atoms with Crippen molar-refractivity contribution < 1.29 is 5.11 Å². The molecular formula is C18H23NO. The van der Waals surface area contributed by atoms with Gasteiger partial charge in [0.1, 0.15) is 5.75 Å². The van der Waals surface area contributed by atoms with Crippen LogP contribution in [0.1, 0.15) is 49.0 Å². The summed E-state index contributed by atoms with van der Waals surface area (Å²) in [6.45, 7) is 6.36. The van der Waals surface area contributed by atoms with Crippen LogP contribution in [0, 0.1) is 6.92 Å². The highest BCUT2D eigenvalue weighted by molar-refractivity contribution is 5.34. The van der Waals surface area contributed by atoms with Crippen LogP contribution < -0.4 is 5.32 Å². The summed E-state index contributed by atoms with van der Waals surface area (Å²) in [7, 11) is 0. The Morgan fingerprint density at radius 1 is 1.05 bits per heavy atom. The highest BCUT2D eigenvalue weighted by Crippen LogP contribution is 2.27. The molecule has 2 nitrogen and oxygen atoms in total. The van der Waals surface area contributed by atoms with Crippen molar-refractivity contribution >= 4 is 0 Å². The van der Waals surface area contributed by atoms with Gasteiger partial charge in [0.25, 0.3) is 0 Å². The van der Waals surface area contributed by atoms with Crippen molar-refractivity contribution in [2.45, 2.75) is 39.3 Å². The van der Waals surface area contributed by atoms with E-state index in [9.17, 15) is 5.11 Å². The van der Waals surface area contributed by atoms with Crippen molar-refractivity contribution in [3.05, 3.63) is 65.2 Å². The number of phenolic OH excluding ortho intramolecular Hbond substituents is 1. The summed E-state index contributed by atoms with van der Waals surface area (Å²) in [5, 5.41) is 13.5. The van der Waals surface area contributed by atoms with E-state index < -0.39 is 0 Å². The molecule has 0 aromatic heterocycles. The number of nitrogens with one attached hydrogen (secondary N) is 1. The lowest BCUT2D eigenvalue weighted by atomic mass is 10.00. The number of phenols is 1. The van der Waals surface area contributed by atoms with E-state index in [0.717, 1.165) is 12.0 Å². The molecule has 2 rings (SSSR count). The molecule has 0 spiro atoms. The smallest absolute Gasteiger partial charge is 0.120 e. The van der Waals surface area contributed by atoms with Gasteiger partial charge < -0.3 is 10.4 Å². The maximum absolute atomic E-state index is 9.93. The van der Waals surface area contributed by atoms with Gasteiger partial charge in [0.05, 0.1) is 0 Å². The Bertz CT molecular complexity index is 548. The molecule has 0 aliphatic heterocycles. The monoisotopic (exact) mass is 269 g/mol. The molecule has 0 radical (unpaired) electrons. The summed E-state index contributed by atoms with van der Waals surface area (Å²) in [5.41, 5.74) is 3.51. The molecule has 2 unspecified atom stereocenters. The predicted octanol–water partition coefficient (Wildman–Crippen LogP) is 4.50. The van der Waals surface area contributed by atoms with Crippen molar-refractivity contribution in [3.63, 3.8) is 0 Å². The number of hydrogen-bond donors (Lipinski definition) is 2. The fourth-order valence-electron chi connectivity index (χ4n) is 2.49. The first-order chi connectivity index (χ1) is 9.61. The number of benzene rings is 2. The molecule has 0 fully saturated rings. The lowest BCUT2D eigenvalue weighted by Gasteiger charge is -2.23. The summed E-state index contributed by atoms with van der Waals surface area (Å²) in [6, 6.07) is 16.6. The van der Waals surface area contributed by atoms with Gasteiger partial charge >= 0.3 is 0 Å². The number of aryl methyl sites for hydroxylation is 1. The van der Waals surface area contributed by atoms with Gasteiger partial charge in [0.2, 0.25) is 0 Å². The van der Waals surface area contributed by atoms with Gasteiger partial charge in [-0.1, -0.05) is 55.0 Å². The molecule has 2 aromatic rings. The molecule has 0 bridgehead atoms. The lowest BCUT2D eigenvalue weighted by Crippen LogP contribution is -2.24. The minimum absolute atomic E-state index is 0.113. The summed E-state index contributed by atoms with van der Waals surface area (Å²) < 4.78 is 0. The van der Waals surface area contributed by atoms with Crippen molar-refractivity contribution in [2.75, 3.05) is 0 Å². The average Bonchev–Trinajstić information content (AvgIpc) is 2.46. The van der Waals surface area contributed by atoms with E-state index in [2.05, 4.69) is 50.4 Å². The van der Waals surface area contributed by atoms with Crippen molar-refractivity contribution in [3.8, 4) is 5.75 Å². The van der Waals surface area contributed by atoms with Gasteiger partial charge in [-0.2, -0.15) is 0 Å². The second-order valence-corrected chi connectivity index (χ2v) is 5.32. The molecule has 0 aliphatic rings. The van der Waals surface area contributed by atoms with E-state index in [0.29, 0.717) is 11.8 Å². The van der Waals surface area contributed by atoms with E-state index in [4.69, 9.17) is 0 Å². The minimum atomic E-state index is 0.113. The third-order valence-corrected chi connectivity index (χ3v) is 3.74. The molecule has 2 aromatic carbocycles. The van der Waals surface area contributed by atoms with Crippen molar-refractivity contribution in [1.29, 1.82) is 0 Å². The van der Waals surface area contributed by atoms with E-state index in [-0.39, 0.29) is 6.04 Å². The van der Waals surface area contributed by atoms with Gasteiger partial charge in [-0.25, -0.2) is 0 Å². The fraction of sp³-hybridized carbons (Fsp3) is 0.333. The third-order valence-electron chi connectivity index (χ3n) is 3.74. The average molecular weight is 269 g/mol. The zero-order valence-corrected chi connectivity index (χ0v) is 12.4. The molecule has 0 saturated heterocycles. The van der Waals surface area contributed by atoms with E-state index in [1.807, 2.05) is 18.2 Å². The maximum Gasteiger partial charge on any atom is 0.120 e. The van der Waals surface area contributed by atoms with Gasteiger partial charge in [-0.05, 0) is 31.9 Å². The first-order valence-electron chi connectivity index (χ1n) is 7.22. The molecule has 0 amide bonds. The first-order valence-corrected chi connectivity index (χ1v) is 7.22. The second-order valence-electron chi connectivity index (χ2n) is 5.32. The largest absolute Gasteiger partial charge is 0.508 e.